The summed E-state index contributed by atoms with van der Waals surface area (Å²) in [6.07, 6.45) is 1.75. The number of benzene rings is 3. The van der Waals surface area contributed by atoms with Crippen molar-refractivity contribution in [2.75, 3.05) is 19.6 Å². The van der Waals surface area contributed by atoms with Gasteiger partial charge in [0.1, 0.15) is 5.75 Å². The van der Waals surface area contributed by atoms with Gasteiger partial charge in [-0.25, -0.2) is 4.79 Å². The van der Waals surface area contributed by atoms with Crippen molar-refractivity contribution < 1.29 is 15.8 Å². The van der Waals surface area contributed by atoms with Gasteiger partial charge in [0, 0.05) is 33.5 Å². The minimum absolute atomic E-state index is 0. The van der Waals surface area contributed by atoms with Crippen LogP contribution in [0.3, 0.4) is 0 Å². The van der Waals surface area contributed by atoms with E-state index in [1.807, 2.05) is 47.4 Å². The van der Waals surface area contributed by atoms with E-state index in [4.69, 9.17) is 4.74 Å². The number of aryl methyl sites for hydroxylation is 1. The molecule has 1 N–H and O–H groups in total. The maximum atomic E-state index is 13.1. The van der Waals surface area contributed by atoms with Crippen LogP contribution in [0, 0.1) is 0 Å². The molecule has 0 aromatic heterocycles. The first kappa shape index (κ1) is 21.8. The number of esters is 1. The summed E-state index contributed by atoms with van der Waals surface area (Å²) in [7, 11) is 0. The number of nitrogens with one attached hydrogen (secondary N) is 1. The Bertz CT molecular complexity index is 1040. The summed E-state index contributed by atoms with van der Waals surface area (Å²) in [6, 6.07) is 26.8. The Balaban J connectivity index is 0.00000306. The lowest BCUT2D eigenvalue weighted by atomic mass is 10.0. The highest BCUT2D eigenvalue weighted by molar-refractivity contribution is 5.91. The van der Waals surface area contributed by atoms with Gasteiger partial charge in [-0.2, -0.15) is 0 Å². The molecule has 5 heteroatoms. The number of para-hydroxylation sites is 1. The largest absolute Gasteiger partial charge is 0.423 e. The van der Waals surface area contributed by atoms with Crippen LogP contribution in [0.2, 0.25) is 0 Å². The Morgan fingerprint density at radius 1 is 0.938 bits per heavy atom. The Kier molecular flexibility index (Phi) is 7.31. The summed E-state index contributed by atoms with van der Waals surface area (Å²) >= 11 is 0. The number of rotatable bonds is 7. The van der Waals surface area contributed by atoms with Gasteiger partial charge in [0.15, 0.2) is 0 Å². The molecule has 0 spiro atoms. The van der Waals surface area contributed by atoms with Gasteiger partial charge in [-0.1, -0.05) is 66.7 Å². The molecule has 1 heterocycles. The fraction of sp³-hybridized carbons (Fsp3) is 0.259. The van der Waals surface area contributed by atoms with Gasteiger partial charge in [0.2, 0.25) is 5.91 Å². The number of carbonyl (C=O) groups is 2. The van der Waals surface area contributed by atoms with Gasteiger partial charge in [0.25, 0.3) is 0 Å². The number of carbonyl (C=O) groups excluding carboxylic acids is 2. The summed E-state index contributed by atoms with van der Waals surface area (Å²) in [5, 5.41) is 3.41. The highest BCUT2D eigenvalue weighted by Crippen LogP contribution is 2.22. The third-order valence-corrected chi connectivity index (χ3v) is 5.78. The molecule has 32 heavy (non-hydrogen) atoms. The van der Waals surface area contributed by atoms with Crippen molar-refractivity contribution in [2.24, 2.45) is 0 Å². The lowest BCUT2D eigenvalue weighted by Crippen LogP contribution is -2.54. The minimum Gasteiger partial charge on any atom is -0.423 e. The molecule has 0 saturated carbocycles. The van der Waals surface area contributed by atoms with Crippen molar-refractivity contribution in [3.63, 3.8) is 0 Å². The first-order valence-electron chi connectivity index (χ1n) is 11.1. The molecule has 1 amide bonds. The second-order valence-electron chi connectivity index (χ2n) is 8.00. The fourth-order valence-electron chi connectivity index (χ4n) is 4.09. The molecule has 0 bridgehead atoms. The van der Waals surface area contributed by atoms with E-state index in [1.165, 1.54) is 5.56 Å². The van der Waals surface area contributed by atoms with Gasteiger partial charge in [-0.05, 0) is 42.2 Å². The molecule has 1 aliphatic rings. The topological polar surface area (TPSA) is 58.6 Å². The lowest BCUT2D eigenvalue weighted by molar-refractivity contribution is -0.134. The monoisotopic (exact) mass is 430 g/mol. The number of nitrogens with zero attached hydrogens (tertiary/aromatic N) is 1. The second kappa shape index (κ2) is 10.7. The van der Waals surface area contributed by atoms with Crippen LogP contribution < -0.4 is 10.1 Å². The van der Waals surface area contributed by atoms with Crippen molar-refractivity contribution in [3.8, 4) is 5.75 Å². The van der Waals surface area contributed by atoms with Crippen molar-refractivity contribution in [2.45, 2.75) is 25.3 Å². The Morgan fingerprint density at radius 2 is 1.62 bits per heavy atom. The molecule has 4 rings (SSSR count). The molecular weight excluding hydrogens is 400 g/mol. The lowest BCUT2D eigenvalue weighted by Gasteiger charge is -2.36. The SMILES string of the molecule is O=C(Oc1ccccc1CCC(=O)N1CCNC[C@H]1Cc1ccccc1)c1ccccc1.[HH]. The Labute approximate surface area is 190 Å². The second-order valence-corrected chi connectivity index (χ2v) is 8.00. The van der Waals surface area contributed by atoms with Gasteiger partial charge < -0.3 is 15.0 Å². The van der Waals surface area contributed by atoms with E-state index in [-0.39, 0.29) is 13.4 Å². The summed E-state index contributed by atoms with van der Waals surface area (Å²) in [5.74, 6) is 0.251. The smallest absolute Gasteiger partial charge is 0.343 e. The van der Waals surface area contributed by atoms with Crippen LogP contribution >= 0.6 is 0 Å². The highest BCUT2D eigenvalue weighted by atomic mass is 16.5. The molecule has 3 aromatic rings. The summed E-state index contributed by atoms with van der Waals surface area (Å²) < 4.78 is 5.64. The summed E-state index contributed by atoms with van der Waals surface area (Å²) in [5.41, 5.74) is 2.60. The maximum Gasteiger partial charge on any atom is 0.343 e. The molecular formula is C27H30N2O3. The maximum absolute atomic E-state index is 13.1. The van der Waals surface area contributed by atoms with Crippen LogP contribution in [0.5, 0.6) is 5.75 Å². The van der Waals surface area contributed by atoms with Crippen LogP contribution in [-0.2, 0) is 17.6 Å². The average Bonchev–Trinajstić information content (AvgIpc) is 2.85. The quantitative estimate of drug-likeness (QED) is 0.452. The Hall–Kier alpha value is -3.44. The molecule has 1 fully saturated rings. The molecule has 0 aliphatic carbocycles. The Morgan fingerprint density at radius 3 is 2.41 bits per heavy atom. The molecule has 1 atom stereocenters. The fourth-order valence-corrected chi connectivity index (χ4v) is 4.09. The zero-order valence-corrected chi connectivity index (χ0v) is 18.1. The summed E-state index contributed by atoms with van der Waals surface area (Å²) in [6.45, 7) is 2.31. The number of piperazine rings is 1. The molecule has 166 valence electrons. The predicted molar refractivity (Wildman–Crippen MR) is 127 cm³/mol. The van der Waals surface area contributed by atoms with Gasteiger partial charge in [-0.15, -0.1) is 0 Å². The molecule has 0 radical (unpaired) electrons. The number of hydrogen-bond donors (Lipinski definition) is 1. The number of hydrogen-bond acceptors (Lipinski definition) is 4. The highest BCUT2D eigenvalue weighted by Gasteiger charge is 2.26. The van der Waals surface area contributed by atoms with Crippen LogP contribution in [0.25, 0.3) is 0 Å². The zero-order chi connectivity index (χ0) is 22.2. The molecule has 5 nitrogen and oxygen atoms in total. The van der Waals surface area contributed by atoms with E-state index in [1.54, 1.807) is 30.3 Å². The van der Waals surface area contributed by atoms with E-state index in [0.717, 1.165) is 25.1 Å². The van der Waals surface area contributed by atoms with Gasteiger partial charge >= 0.3 is 5.97 Å². The van der Waals surface area contributed by atoms with Crippen LogP contribution in [-0.4, -0.2) is 42.5 Å². The van der Waals surface area contributed by atoms with Crippen LogP contribution in [0.1, 0.15) is 29.3 Å². The summed E-state index contributed by atoms with van der Waals surface area (Å²) in [4.78, 5) is 27.6. The van der Waals surface area contributed by atoms with Crippen molar-refractivity contribution in [1.29, 1.82) is 0 Å². The van der Waals surface area contributed by atoms with E-state index in [0.29, 0.717) is 30.7 Å². The minimum atomic E-state index is -0.394. The first-order valence-corrected chi connectivity index (χ1v) is 11.1. The zero-order valence-electron chi connectivity index (χ0n) is 18.1. The third kappa shape index (κ3) is 5.62. The van der Waals surface area contributed by atoms with Crippen molar-refractivity contribution in [1.82, 2.24) is 10.2 Å². The molecule has 1 saturated heterocycles. The van der Waals surface area contributed by atoms with Gasteiger partial charge in [0.05, 0.1) is 5.56 Å². The van der Waals surface area contributed by atoms with Gasteiger partial charge in [-0.3, -0.25) is 4.79 Å². The van der Waals surface area contributed by atoms with E-state index in [2.05, 4.69) is 17.4 Å². The number of ether oxygens (including phenoxy) is 1. The normalized spacial score (nSPS) is 15.9. The molecule has 0 unspecified atom stereocenters. The van der Waals surface area contributed by atoms with E-state index < -0.39 is 5.97 Å². The predicted octanol–water partition coefficient (Wildman–Crippen LogP) is 4.13. The van der Waals surface area contributed by atoms with E-state index >= 15 is 0 Å². The first-order chi connectivity index (χ1) is 15.7. The standard InChI is InChI=1S/C27H28N2O3.H2/c30-26(29-18-17-28-20-24(29)19-21-9-3-1-4-10-21)16-15-22-11-7-8-14-25(22)32-27(31)23-12-5-2-6-13-23;/h1-14,24,28H,15-20H2;1H/t24-;/m1./s1. The molecule has 1 aliphatic heterocycles. The van der Waals surface area contributed by atoms with Crippen molar-refractivity contribution >= 4 is 11.9 Å². The third-order valence-electron chi connectivity index (χ3n) is 5.78. The number of amides is 1. The van der Waals surface area contributed by atoms with Crippen LogP contribution in [0.15, 0.2) is 84.9 Å². The van der Waals surface area contributed by atoms with E-state index in [9.17, 15) is 9.59 Å². The van der Waals surface area contributed by atoms with Crippen LogP contribution in [0.4, 0.5) is 0 Å². The van der Waals surface area contributed by atoms with Crippen molar-refractivity contribution in [3.05, 3.63) is 102 Å². The molecule has 3 aromatic carbocycles. The average molecular weight is 431 g/mol.